The second-order valence-electron chi connectivity index (χ2n) is 7.56. The van der Waals surface area contributed by atoms with Crippen molar-refractivity contribution in [2.75, 3.05) is 6.61 Å². The van der Waals surface area contributed by atoms with Gasteiger partial charge < -0.3 is 10.2 Å². The van der Waals surface area contributed by atoms with Crippen LogP contribution in [0.1, 0.15) is 66.7 Å². The SMILES string of the molecule is CCCCCCC=C=C(C)[C@@H](N)CO[Si](C)(C)C(C)(C)C. The van der Waals surface area contributed by atoms with Gasteiger partial charge in [-0.05, 0) is 49.5 Å². The molecule has 0 saturated heterocycles. The Kier molecular flexibility index (Phi) is 9.47. The molecule has 3 heteroatoms. The van der Waals surface area contributed by atoms with Crippen molar-refractivity contribution >= 4 is 8.32 Å². The fraction of sp³-hybridized carbons (Fsp3) is 0.833. The van der Waals surface area contributed by atoms with Crippen molar-refractivity contribution in [2.24, 2.45) is 5.73 Å². The summed E-state index contributed by atoms with van der Waals surface area (Å²) in [5.74, 6) is 0. The number of hydrogen-bond acceptors (Lipinski definition) is 2. The first-order valence-electron chi connectivity index (χ1n) is 8.43. The van der Waals surface area contributed by atoms with E-state index in [1.165, 1.54) is 25.7 Å². The lowest BCUT2D eigenvalue weighted by Crippen LogP contribution is -2.44. The van der Waals surface area contributed by atoms with Crippen LogP contribution in [-0.4, -0.2) is 21.0 Å². The van der Waals surface area contributed by atoms with Gasteiger partial charge in [0.2, 0.25) is 0 Å². The van der Waals surface area contributed by atoms with E-state index < -0.39 is 8.32 Å². The first-order chi connectivity index (χ1) is 9.62. The minimum atomic E-state index is -1.70. The number of hydrogen-bond donors (Lipinski definition) is 1. The predicted octanol–water partition coefficient (Wildman–Crippen LogP) is 5.41. The van der Waals surface area contributed by atoms with Crippen LogP contribution in [0.25, 0.3) is 0 Å². The Hall–Kier alpha value is -0.343. The van der Waals surface area contributed by atoms with Gasteiger partial charge in [0, 0.05) is 0 Å². The van der Waals surface area contributed by atoms with Crippen molar-refractivity contribution in [1.29, 1.82) is 0 Å². The summed E-state index contributed by atoms with van der Waals surface area (Å²) < 4.78 is 6.18. The molecule has 0 spiro atoms. The number of unbranched alkanes of at least 4 members (excludes halogenated alkanes) is 4. The van der Waals surface area contributed by atoms with Crippen molar-refractivity contribution in [3.05, 3.63) is 17.4 Å². The van der Waals surface area contributed by atoms with Gasteiger partial charge in [-0.2, -0.15) is 0 Å². The predicted molar refractivity (Wildman–Crippen MR) is 97.2 cm³/mol. The minimum absolute atomic E-state index is 0.0361. The number of rotatable bonds is 9. The van der Waals surface area contributed by atoms with E-state index in [0.717, 1.165) is 12.0 Å². The van der Waals surface area contributed by atoms with Crippen LogP contribution in [0.4, 0.5) is 0 Å². The van der Waals surface area contributed by atoms with E-state index in [2.05, 4.69) is 59.5 Å². The highest BCUT2D eigenvalue weighted by Crippen LogP contribution is 2.36. The highest BCUT2D eigenvalue weighted by molar-refractivity contribution is 6.74. The molecule has 0 aromatic carbocycles. The van der Waals surface area contributed by atoms with Crippen molar-refractivity contribution in [1.82, 2.24) is 0 Å². The van der Waals surface area contributed by atoms with Gasteiger partial charge in [-0.25, -0.2) is 0 Å². The third kappa shape index (κ3) is 8.62. The zero-order valence-corrected chi connectivity index (χ0v) is 16.4. The van der Waals surface area contributed by atoms with E-state index in [-0.39, 0.29) is 11.1 Å². The van der Waals surface area contributed by atoms with Gasteiger partial charge in [-0.1, -0.05) is 47.0 Å². The second-order valence-corrected chi connectivity index (χ2v) is 12.4. The normalized spacial score (nSPS) is 13.7. The van der Waals surface area contributed by atoms with Crippen molar-refractivity contribution in [3.8, 4) is 0 Å². The lowest BCUT2D eigenvalue weighted by molar-refractivity contribution is 0.275. The summed E-state index contributed by atoms with van der Waals surface area (Å²) in [7, 11) is -1.70. The summed E-state index contributed by atoms with van der Waals surface area (Å²) in [6.07, 6.45) is 8.42. The summed E-state index contributed by atoms with van der Waals surface area (Å²) in [6, 6.07) is -0.0361. The van der Waals surface area contributed by atoms with Gasteiger partial charge in [0.25, 0.3) is 0 Å². The molecule has 0 saturated carbocycles. The smallest absolute Gasteiger partial charge is 0.192 e. The highest BCUT2D eigenvalue weighted by Gasteiger charge is 2.37. The van der Waals surface area contributed by atoms with E-state index in [9.17, 15) is 0 Å². The first-order valence-corrected chi connectivity index (χ1v) is 11.3. The molecule has 0 radical (unpaired) electrons. The maximum Gasteiger partial charge on any atom is 0.192 e. The summed E-state index contributed by atoms with van der Waals surface area (Å²) in [6.45, 7) is 16.2. The van der Waals surface area contributed by atoms with Crippen LogP contribution in [0.2, 0.25) is 18.1 Å². The standard InChI is InChI=1S/C18H37NOSi/c1-8-9-10-11-12-13-14-16(2)17(19)15-20-21(6,7)18(3,4)5/h13,17H,8-12,15,19H2,1-7H3/t14?,17-/m0/s1. The zero-order valence-electron chi connectivity index (χ0n) is 15.4. The van der Waals surface area contributed by atoms with Crippen LogP contribution in [0, 0.1) is 0 Å². The van der Waals surface area contributed by atoms with E-state index in [1.807, 2.05) is 0 Å². The van der Waals surface area contributed by atoms with E-state index >= 15 is 0 Å². The van der Waals surface area contributed by atoms with Gasteiger partial charge in [0.1, 0.15) is 0 Å². The molecule has 0 heterocycles. The monoisotopic (exact) mass is 311 g/mol. The molecule has 0 aromatic rings. The summed E-state index contributed by atoms with van der Waals surface area (Å²) in [5.41, 5.74) is 10.6. The fourth-order valence-electron chi connectivity index (χ4n) is 1.65. The molecule has 0 aliphatic rings. The lowest BCUT2D eigenvalue weighted by atomic mass is 10.1. The fourth-order valence-corrected chi connectivity index (χ4v) is 2.68. The molecule has 2 N–H and O–H groups in total. The molecular weight excluding hydrogens is 274 g/mol. The maximum absolute atomic E-state index is 6.21. The molecular formula is C18H37NOSi. The third-order valence-electron chi connectivity index (χ3n) is 4.52. The van der Waals surface area contributed by atoms with E-state index in [4.69, 9.17) is 10.2 Å². The Morgan fingerprint density at radius 3 is 2.38 bits per heavy atom. The van der Waals surface area contributed by atoms with Gasteiger partial charge in [-0.3, -0.25) is 0 Å². The molecule has 0 aliphatic heterocycles. The Morgan fingerprint density at radius 2 is 1.86 bits per heavy atom. The summed E-state index contributed by atoms with van der Waals surface area (Å²) in [4.78, 5) is 0. The molecule has 0 aliphatic carbocycles. The third-order valence-corrected chi connectivity index (χ3v) is 9.02. The second kappa shape index (κ2) is 9.63. The van der Waals surface area contributed by atoms with Crippen molar-refractivity contribution in [3.63, 3.8) is 0 Å². The van der Waals surface area contributed by atoms with Crippen LogP contribution in [0.5, 0.6) is 0 Å². The minimum Gasteiger partial charge on any atom is -0.415 e. The molecule has 1 atom stereocenters. The summed E-state index contributed by atoms with van der Waals surface area (Å²) in [5, 5.41) is 0.236. The quantitative estimate of drug-likeness (QED) is 0.351. The average molecular weight is 312 g/mol. The lowest BCUT2D eigenvalue weighted by Gasteiger charge is -2.36. The largest absolute Gasteiger partial charge is 0.415 e. The first kappa shape index (κ1) is 20.7. The Bertz CT molecular complexity index is 349. The molecule has 0 fully saturated rings. The van der Waals surface area contributed by atoms with Crippen LogP contribution >= 0.6 is 0 Å². The maximum atomic E-state index is 6.21. The number of nitrogens with two attached hydrogens (primary N) is 1. The van der Waals surface area contributed by atoms with Crippen molar-refractivity contribution in [2.45, 2.75) is 90.9 Å². The molecule has 0 bridgehead atoms. The van der Waals surface area contributed by atoms with Gasteiger partial charge in [0.15, 0.2) is 8.32 Å². The van der Waals surface area contributed by atoms with E-state index in [0.29, 0.717) is 6.61 Å². The molecule has 0 unspecified atom stereocenters. The van der Waals surface area contributed by atoms with Gasteiger partial charge in [0.05, 0.1) is 12.6 Å². The summed E-state index contributed by atoms with van der Waals surface area (Å²) >= 11 is 0. The highest BCUT2D eigenvalue weighted by atomic mass is 28.4. The molecule has 0 rings (SSSR count). The Balaban J connectivity index is 4.26. The molecule has 124 valence electrons. The molecule has 2 nitrogen and oxygen atoms in total. The van der Waals surface area contributed by atoms with Gasteiger partial charge >= 0.3 is 0 Å². The van der Waals surface area contributed by atoms with Crippen LogP contribution in [0.3, 0.4) is 0 Å². The molecule has 21 heavy (non-hydrogen) atoms. The van der Waals surface area contributed by atoms with Crippen molar-refractivity contribution < 1.29 is 4.43 Å². The van der Waals surface area contributed by atoms with Crippen LogP contribution in [0.15, 0.2) is 17.4 Å². The molecule has 0 amide bonds. The molecule has 0 aromatic heterocycles. The van der Waals surface area contributed by atoms with Crippen LogP contribution < -0.4 is 5.73 Å². The topological polar surface area (TPSA) is 35.2 Å². The van der Waals surface area contributed by atoms with Crippen LogP contribution in [-0.2, 0) is 4.43 Å². The van der Waals surface area contributed by atoms with E-state index in [1.54, 1.807) is 0 Å². The Morgan fingerprint density at radius 1 is 1.24 bits per heavy atom. The Labute approximate surface area is 134 Å². The van der Waals surface area contributed by atoms with Gasteiger partial charge in [-0.15, -0.1) is 5.73 Å². The zero-order chi connectivity index (χ0) is 16.5. The average Bonchev–Trinajstić information content (AvgIpc) is 2.38.